The third-order valence-corrected chi connectivity index (χ3v) is 5.80. The molecule has 0 spiro atoms. The zero-order valence-corrected chi connectivity index (χ0v) is 19.0. The highest BCUT2D eigenvalue weighted by Crippen LogP contribution is 2.32. The summed E-state index contributed by atoms with van der Waals surface area (Å²) in [5, 5.41) is 16.6. The van der Waals surface area contributed by atoms with E-state index in [2.05, 4.69) is 32.4 Å². The number of ether oxygens (including phenoxy) is 1. The van der Waals surface area contributed by atoms with E-state index >= 15 is 0 Å². The van der Waals surface area contributed by atoms with Crippen molar-refractivity contribution in [2.45, 2.75) is 6.92 Å². The summed E-state index contributed by atoms with van der Waals surface area (Å²) in [4.78, 5) is 23.4. The van der Waals surface area contributed by atoms with Crippen molar-refractivity contribution in [1.29, 1.82) is 5.26 Å². The lowest BCUT2D eigenvalue weighted by Gasteiger charge is -2.39. The Morgan fingerprint density at radius 1 is 1.29 bits per heavy atom. The van der Waals surface area contributed by atoms with Crippen LogP contribution in [0.1, 0.15) is 18.2 Å². The minimum absolute atomic E-state index is 0.0977. The first kappa shape index (κ1) is 21.9. The summed E-state index contributed by atoms with van der Waals surface area (Å²) < 4.78 is 7.33. The monoisotopic (exact) mass is 463 g/mol. The fraction of sp³-hybridized carbons (Fsp3) is 0.192. The molecule has 1 fully saturated rings. The molecule has 9 heteroatoms. The molecule has 1 amide bonds. The number of nitriles is 1. The molecule has 4 aromatic rings. The van der Waals surface area contributed by atoms with Crippen LogP contribution < -0.4 is 15.0 Å². The molecule has 0 bridgehead atoms. The highest BCUT2D eigenvalue weighted by atomic mass is 16.5. The number of terminal acetylenes is 1. The molecule has 0 unspecified atom stereocenters. The molecular formula is C26H21N7O2. The van der Waals surface area contributed by atoms with Gasteiger partial charge in [0.2, 0.25) is 5.91 Å². The fourth-order valence-corrected chi connectivity index (χ4v) is 4.02. The van der Waals surface area contributed by atoms with Gasteiger partial charge in [-0.05, 0) is 37.3 Å². The molecule has 0 atom stereocenters. The van der Waals surface area contributed by atoms with Gasteiger partial charge >= 0.3 is 0 Å². The molecule has 0 aliphatic carbocycles. The minimum Gasteiger partial charge on any atom is -0.492 e. The molecule has 35 heavy (non-hydrogen) atoms. The maximum absolute atomic E-state index is 12.6. The summed E-state index contributed by atoms with van der Waals surface area (Å²) in [7, 11) is 0. The second-order valence-corrected chi connectivity index (χ2v) is 8.03. The lowest BCUT2D eigenvalue weighted by atomic mass is 9.99. The van der Waals surface area contributed by atoms with E-state index in [9.17, 15) is 10.1 Å². The molecule has 5 heterocycles. The number of rotatable bonds is 6. The Balaban J connectivity index is 1.30. The zero-order valence-electron chi connectivity index (χ0n) is 19.0. The van der Waals surface area contributed by atoms with Gasteiger partial charge in [0.15, 0.2) is 0 Å². The average Bonchev–Trinajstić information content (AvgIpc) is 3.26. The van der Waals surface area contributed by atoms with Crippen LogP contribution in [-0.4, -0.2) is 45.2 Å². The first-order chi connectivity index (χ1) is 17.1. The maximum Gasteiger partial charge on any atom is 0.232 e. The van der Waals surface area contributed by atoms with Crippen molar-refractivity contribution in [3.8, 4) is 35.3 Å². The lowest BCUT2D eigenvalue weighted by Crippen LogP contribution is -2.52. The molecule has 172 valence electrons. The number of amides is 1. The van der Waals surface area contributed by atoms with Crippen LogP contribution in [0.15, 0.2) is 55.0 Å². The van der Waals surface area contributed by atoms with Crippen LogP contribution >= 0.6 is 0 Å². The van der Waals surface area contributed by atoms with Crippen LogP contribution in [-0.2, 0) is 4.79 Å². The fourth-order valence-electron chi connectivity index (χ4n) is 4.02. The number of carbonyl (C=O) groups is 1. The molecule has 0 radical (unpaired) electrons. The normalized spacial score (nSPS) is 13.1. The van der Waals surface area contributed by atoms with Gasteiger partial charge in [-0.2, -0.15) is 10.4 Å². The Bertz CT molecular complexity index is 1490. The number of nitrogens with one attached hydrogen (secondary N) is 1. The molecule has 0 aromatic carbocycles. The van der Waals surface area contributed by atoms with Crippen molar-refractivity contribution in [1.82, 2.24) is 19.6 Å². The average molecular weight is 464 g/mol. The molecule has 0 saturated carbocycles. The summed E-state index contributed by atoms with van der Waals surface area (Å²) in [6.45, 7) is 3.54. The Kier molecular flexibility index (Phi) is 5.74. The van der Waals surface area contributed by atoms with E-state index in [0.29, 0.717) is 48.0 Å². The van der Waals surface area contributed by atoms with Crippen molar-refractivity contribution >= 4 is 23.1 Å². The minimum atomic E-state index is -0.166. The van der Waals surface area contributed by atoms with E-state index in [1.807, 2.05) is 30.0 Å². The molecule has 1 aliphatic rings. The molecule has 1 saturated heterocycles. The Labute approximate surface area is 202 Å². The van der Waals surface area contributed by atoms with Gasteiger partial charge in [0.05, 0.1) is 36.0 Å². The maximum atomic E-state index is 12.6. The van der Waals surface area contributed by atoms with Crippen molar-refractivity contribution in [2.24, 2.45) is 5.92 Å². The standard InChI is InChI=1S/C26H21N7O2/c1-3-20-6-5-7-23(30-20)31-26(34)19-14-32(15-19)24-9-8-17(12-28-24)22-10-21(35-4-2)16-33-25(22)18(11-27)13-29-33/h1,5-10,12-13,16,19H,4,14-15H2,2H3,(H,30,31,34). The largest absolute Gasteiger partial charge is 0.492 e. The van der Waals surface area contributed by atoms with E-state index in [1.165, 1.54) is 0 Å². The SMILES string of the molecule is C#Cc1cccc(NC(=O)C2CN(c3ccc(-c4cc(OCC)cn5ncc(C#N)c45)cn3)C2)n1. The number of aromatic nitrogens is 4. The number of hydrogen-bond acceptors (Lipinski definition) is 7. The van der Waals surface area contributed by atoms with Crippen molar-refractivity contribution in [2.75, 3.05) is 29.9 Å². The number of nitrogens with zero attached hydrogens (tertiary/aromatic N) is 6. The van der Waals surface area contributed by atoms with Crippen LogP contribution in [0.5, 0.6) is 5.75 Å². The molecular weight excluding hydrogens is 442 g/mol. The summed E-state index contributed by atoms with van der Waals surface area (Å²) in [5.41, 5.74) is 3.31. The van der Waals surface area contributed by atoms with Gasteiger partial charge < -0.3 is 15.0 Å². The molecule has 5 rings (SSSR count). The number of hydrogen-bond donors (Lipinski definition) is 1. The highest BCUT2D eigenvalue weighted by Gasteiger charge is 2.33. The van der Waals surface area contributed by atoms with Crippen LogP contribution in [0.25, 0.3) is 16.6 Å². The van der Waals surface area contributed by atoms with Gasteiger partial charge in [-0.1, -0.05) is 12.0 Å². The van der Waals surface area contributed by atoms with Gasteiger partial charge in [0.1, 0.15) is 29.1 Å². The van der Waals surface area contributed by atoms with E-state index in [-0.39, 0.29) is 11.8 Å². The van der Waals surface area contributed by atoms with Crippen LogP contribution in [0.2, 0.25) is 0 Å². The van der Waals surface area contributed by atoms with Crippen molar-refractivity contribution in [3.63, 3.8) is 0 Å². The van der Waals surface area contributed by atoms with Crippen LogP contribution in [0.3, 0.4) is 0 Å². The predicted octanol–water partition coefficient (Wildman–Crippen LogP) is 3.12. The van der Waals surface area contributed by atoms with Crippen LogP contribution in [0.4, 0.5) is 11.6 Å². The topological polar surface area (TPSA) is 108 Å². The van der Waals surface area contributed by atoms with Crippen molar-refractivity contribution < 1.29 is 9.53 Å². The Morgan fingerprint density at radius 3 is 2.86 bits per heavy atom. The molecule has 9 nitrogen and oxygen atoms in total. The van der Waals surface area contributed by atoms with Gasteiger partial charge in [0, 0.05) is 30.4 Å². The lowest BCUT2D eigenvalue weighted by molar-refractivity contribution is -0.120. The predicted molar refractivity (Wildman–Crippen MR) is 131 cm³/mol. The smallest absolute Gasteiger partial charge is 0.232 e. The van der Waals surface area contributed by atoms with Gasteiger partial charge in [0.25, 0.3) is 0 Å². The molecule has 4 aromatic heterocycles. The number of carbonyl (C=O) groups excluding carboxylic acids is 1. The Morgan fingerprint density at radius 2 is 2.14 bits per heavy atom. The zero-order chi connectivity index (χ0) is 24.4. The van der Waals surface area contributed by atoms with E-state index in [4.69, 9.17) is 11.2 Å². The quantitative estimate of drug-likeness (QED) is 0.438. The van der Waals surface area contributed by atoms with Crippen molar-refractivity contribution in [3.05, 3.63) is 66.2 Å². The second-order valence-electron chi connectivity index (χ2n) is 8.03. The summed E-state index contributed by atoms with van der Waals surface area (Å²) in [5.74, 6) is 4.08. The number of pyridine rings is 3. The van der Waals surface area contributed by atoms with E-state index in [0.717, 1.165) is 16.9 Å². The third kappa shape index (κ3) is 4.23. The first-order valence-electron chi connectivity index (χ1n) is 11.1. The van der Waals surface area contributed by atoms with Gasteiger partial charge in [-0.3, -0.25) is 4.79 Å². The summed E-state index contributed by atoms with van der Waals surface area (Å²) >= 11 is 0. The molecule has 1 N–H and O–H groups in total. The first-order valence-corrected chi connectivity index (χ1v) is 11.1. The second kappa shape index (κ2) is 9.16. The molecule has 1 aliphatic heterocycles. The number of fused-ring (bicyclic) bond motifs is 1. The van der Waals surface area contributed by atoms with E-state index in [1.54, 1.807) is 41.3 Å². The number of anilines is 2. The van der Waals surface area contributed by atoms with Crippen LogP contribution in [0, 0.1) is 29.6 Å². The third-order valence-electron chi connectivity index (χ3n) is 5.80. The Hall–Kier alpha value is -4.89. The summed E-state index contributed by atoms with van der Waals surface area (Å²) in [6, 6.07) is 13.1. The highest BCUT2D eigenvalue weighted by molar-refractivity contribution is 5.93. The van der Waals surface area contributed by atoms with E-state index < -0.39 is 0 Å². The van der Waals surface area contributed by atoms with Gasteiger partial charge in [-0.25, -0.2) is 14.5 Å². The van der Waals surface area contributed by atoms with Gasteiger partial charge in [-0.15, -0.1) is 6.42 Å². The summed E-state index contributed by atoms with van der Waals surface area (Å²) in [6.07, 6.45) is 10.4.